The van der Waals surface area contributed by atoms with Crippen LogP contribution in [0, 0.1) is 0 Å². The molecule has 0 aliphatic carbocycles. The quantitative estimate of drug-likeness (QED) is 0.340. The second-order valence-electron chi connectivity index (χ2n) is 7.71. The van der Waals surface area contributed by atoms with Crippen molar-refractivity contribution in [2.45, 2.75) is 55.6 Å². The van der Waals surface area contributed by atoms with Gasteiger partial charge in [0, 0.05) is 44.5 Å². The van der Waals surface area contributed by atoms with Gasteiger partial charge in [0.25, 0.3) is 0 Å². The number of pyridine rings is 1. The Kier molecular flexibility index (Phi) is 8.28. The van der Waals surface area contributed by atoms with E-state index >= 15 is 0 Å². The summed E-state index contributed by atoms with van der Waals surface area (Å²) in [5, 5.41) is 12.9. The average Bonchev–Trinajstić information content (AvgIpc) is 3.11. The highest BCUT2D eigenvalue weighted by atomic mass is 35.5. The number of aliphatic hydroxyl groups is 1. The molecular formula is C24H26Cl2N2O3S. The van der Waals surface area contributed by atoms with E-state index in [9.17, 15) is 9.90 Å². The highest BCUT2D eigenvalue weighted by molar-refractivity contribution is 7.99. The Morgan fingerprint density at radius 2 is 1.75 bits per heavy atom. The summed E-state index contributed by atoms with van der Waals surface area (Å²) in [5.74, 6) is -0.758. The van der Waals surface area contributed by atoms with Crippen LogP contribution in [0.1, 0.15) is 68.0 Å². The molecule has 5 nitrogen and oxygen atoms in total. The molecule has 0 saturated carbocycles. The fourth-order valence-corrected chi connectivity index (χ4v) is 5.56. The lowest BCUT2D eigenvalue weighted by Crippen LogP contribution is -2.18. The Labute approximate surface area is 202 Å². The molecule has 0 aliphatic rings. The van der Waals surface area contributed by atoms with E-state index in [-0.39, 0.29) is 18.4 Å². The fraction of sp³-hybridized carbons (Fsp3) is 0.333. The van der Waals surface area contributed by atoms with Crippen LogP contribution in [-0.4, -0.2) is 27.7 Å². The lowest BCUT2D eigenvalue weighted by atomic mass is 9.89. The number of carbonyl (C=O) groups excluding carboxylic acids is 1. The molecule has 0 radical (unpaired) electrons. The molecule has 32 heavy (non-hydrogen) atoms. The van der Waals surface area contributed by atoms with Crippen LogP contribution in [0.5, 0.6) is 0 Å². The smallest absolute Gasteiger partial charge is 0.339 e. The van der Waals surface area contributed by atoms with Gasteiger partial charge in [0.05, 0.1) is 11.6 Å². The summed E-state index contributed by atoms with van der Waals surface area (Å²) in [6.45, 7) is 7.99. The Balaban J connectivity index is 2.17. The summed E-state index contributed by atoms with van der Waals surface area (Å²) in [4.78, 5) is 21.0. The highest BCUT2D eigenvalue weighted by Gasteiger charge is 2.32. The van der Waals surface area contributed by atoms with Gasteiger partial charge in [-0.1, -0.05) is 55.7 Å². The van der Waals surface area contributed by atoms with Crippen LogP contribution in [0.4, 0.5) is 0 Å². The summed E-state index contributed by atoms with van der Waals surface area (Å²) >= 11 is 13.9. The number of nitrogens with zero attached hydrogens (tertiary/aromatic N) is 1. The van der Waals surface area contributed by atoms with Gasteiger partial charge in [-0.25, -0.2) is 4.79 Å². The molecule has 2 heterocycles. The van der Waals surface area contributed by atoms with E-state index in [4.69, 9.17) is 27.9 Å². The molecule has 2 atom stereocenters. The van der Waals surface area contributed by atoms with E-state index in [0.717, 1.165) is 26.7 Å². The standard InChI is InChI=1S/C24H26Cl2N2O3S/c1-5-31-24(30)22(29)20-19(13(2)3)23(32-18-11-16(25)10-17(26)12-18)28-21(20)14(4)15-6-8-27-9-7-15/h6-14,22,28-29H,5H2,1-4H3. The molecule has 0 amide bonds. The number of esters is 1. The van der Waals surface area contributed by atoms with Gasteiger partial charge in [0.15, 0.2) is 6.10 Å². The zero-order valence-corrected chi connectivity index (χ0v) is 20.7. The summed E-state index contributed by atoms with van der Waals surface area (Å²) in [6, 6.07) is 9.18. The third-order valence-electron chi connectivity index (χ3n) is 5.13. The van der Waals surface area contributed by atoms with Gasteiger partial charge >= 0.3 is 5.97 Å². The minimum absolute atomic E-state index is 0.0286. The lowest BCUT2D eigenvalue weighted by Gasteiger charge is -2.19. The van der Waals surface area contributed by atoms with Crippen LogP contribution >= 0.6 is 35.0 Å². The molecule has 2 unspecified atom stereocenters. The lowest BCUT2D eigenvalue weighted by molar-refractivity contribution is -0.153. The van der Waals surface area contributed by atoms with Gasteiger partial charge < -0.3 is 14.8 Å². The van der Waals surface area contributed by atoms with Crippen LogP contribution < -0.4 is 0 Å². The van der Waals surface area contributed by atoms with Crippen molar-refractivity contribution in [1.29, 1.82) is 0 Å². The molecule has 0 aliphatic heterocycles. The maximum atomic E-state index is 12.5. The molecule has 0 fully saturated rings. The summed E-state index contributed by atoms with van der Waals surface area (Å²) < 4.78 is 5.14. The predicted molar refractivity (Wildman–Crippen MR) is 129 cm³/mol. The second-order valence-corrected chi connectivity index (χ2v) is 9.67. The van der Waals surface area contributed by atoms with E-state index in [0.29, 0.717) is 15.6 Å². The van der Waals surface area contributed by atoms with Crippen LogP contribution in [0.25, 0.3) is 0 Å². The number of carbonyl (C=O) groups is 1. The third kappa shape index (κ3) is 5.49. The number of rotatable bonds is 8. The number of H-pyrrole nitrogens is 1. The van der Waals surface area contributed by atoms with Crippen molar-refractivity contribution in [3.8, 4) is 0 Å². The van der Waals surface area contributed by atoms with Gasteiger partial charge in [-0.15, -0.1) is 0 Å². The monoisotopic (exact) mass is 492 g/mol. The van der Waals surface area contributed by atoms with Gasteiger partial charge in [-0.05, 0) is 54.3 Å². The number of hydrogen-bond donors (Lipinski definition) is 2. The minimum atomic E-state index is -1.40. The number of aromatic amines is 1. The number of aliphatic hydroxyl groups excluding tert-OH is 1. The number of nitrogens with one attached hydrogen (secondary N) is 1. The first-order chi connectivity index (χ1) is 15.2. The zero-order chi connectivity index (χ0) is 23.4. The van der Waals surface area contributed by atoms with Crippen LogP contribution in [0.15, 0.2) is 52.6 Å². The molecule has 8 heteroatoms. The summed E-state index contributed by atoms with van der Waals surface area (Å²) in [6.07, 6.45) is 2.05. The first-order valence-electron chi connectivity index (χ1n) is 10.4. The molecule has 3 aromatic rings. The number of hydrogen-bond acceptors (Lipinski definition) is 5. The van der Waals surface area contributed by atoms with Crippen molar-refractivity contribution < 1.29 is 14.6 Å². The predicted octanol–water partition coefficient (Wildman–Crippen LogP) is 6.74. The summed E-state index contributed by atoms with van der Waals surface area (Å²) in [7, 11) is 0. The van der Waals surface area contributed by atoms with Gasteiger partial charge in [-0.3, -0.25) is 4.98 Å². The number of aromatic nitrogens is 2. The SMILES string of the molecule is CCOC(=O)C(O)c1c(C(C)c2ccncc2)[nH]c(Sc2cc(Cl)cc(Cl)c2)c1C(C)C. The van der Waals surface area contributed by atoms with Gasteiger partial charge in [0.2, 0.25) is 0 Å². The Hall–Kier alpha value is -1.99. The van der Waals surface area contributed by atoms with Crippen molar-refractivity contribution in [1.82, 2.24) is 9.97 Å². The fourth-order valence-electron chi connectivity index (χ4n) is 3.68. The largest absolute Gasteiger partial charge is 0.464 e. The Morgan fingerprint density at radius 3 is 2.31 bits per heavy atom. The molecule has 3 rings (SSSR count). The van der Waals surface area contributed by atoms with Gasteiger partial charge in [-0.2, -0.15) is 0 Å². The van der Waals surface area contributed by atoms with Crippen molar-refractivity contribution in [3.63, 3.8) is 0 Å². The minimum Gasteiger partial charge on any atom is -0.464 e. The summed E-state index contributed by atoms with van der Waals surface area (Å²) in [5.41, 5.74) is 3.19. The average molecular weight is 493 g/mol. The van der Waals surface area contributed by atoms with Crippen LogP contribution in [0.2, 0.25) is 10.0 Å². The first-order valence-corrected chi connectivity index (χ1v) is 11.9. The van der Waals surface area contributed by atoms with E-state index < -0.39 is 12.1 Å². The van der Waals surface area contributed by atoms with E-state index in [1.165, 1.54) is 11.8 Å². The molecule has 2 aromatic heterocycles. The third-order valence-corrected chi connectivity index (χ3v) is 6.56. The zero-order valence-electron chi connectivity index (χ0n) is 18.4. The Morgan fingerprint density at radius 1 is 1.12 bits per heavy atom. The molecule has 0 saturated heterocycles. The van der Waals surface area contributed by atoms with Crippen molar-refractivity contribution in [2.24, 2.45) is 0 Å². The maximum absolute atomic E-state index is 12.5. The topological polar surface area (TPSA) is 75.2 Å². The maximum Gasteiger partial charge on any atom is 0.339 e. The van der Waals surface area contributed by atoms with Crippen molar-refractivity contribution in [2.75, 3.05) is 6.61 Å². The number of halogens is 2. The number of ether oxygens (including phenoxy) is 1. The molecule has 0 spiro atoms. The van der Waals surface area contributed by atoms with Crippen molar-refractivity contribution >= 4 is 40.9 Å². The normalized spacial score (nSPS) is 13.2. The van der Waals surface area contributed by atoms with Crippen molar-refractivity contribution in [3.05, 3.63) is 75.2 Å². The highest BCUT2D eigenvalue weighted by Crippen LogP contribution is 2.43. The molecule has 1 aromatic carbocycles. The second kappa shape index (κ2) is 10.8. The van der Waals surface area contributed by atoms with Gasteiger partial charge in [0.1, 0.15) is 0 Å². The molecule has 2 N–H and O–H groups in total. The first kappa shape index (κ1) is 24.6. The molecular weight excluding hydrogens is 467 g/mol. The van der Waals surface area contributed by atoms with Crippen LogP contribution in [-0.2, 0) is 9.53 Å². The van der Waals surface area contributed by atoms with E-state index in [2.05, 4.69) is 9.97 Å². The van der Waals surface area contributed by atoms with E-state index in [1.807, 2.05) is 45.0 Å². The van der Waals surface area contributed by atoms with Crippen LogP contribution in [0.3, 0.4) is 0 Å². The number of benzene rings is 1. The van der Waals surface area contributed by atoms with E-state index in [1.54, 1.807) is 25.4 Å². The molecule has 170 valence electrons. The molecule has 0 bridgehead atoms. The Bertz CT molecular complexity index is 1070.